The van der Waals surface area contributed by atoms with Crippen LogP contribution in [0.4, 0.5) is 17.1 Å². The third-order valence-electron chi connectivity index (χ3n) is 18.6. The molecule has 1 aromatic heterocycles. The van der Waals surface area contributed by atoms with Gasteiger partial charge in [-0.05, 0) is 204 Å². The Morgan fingerprint density at radius 2 is 0.779 bits per heavy atom. The maximum Gasteiger partial charge on any atom is 0.0726 e. The van der Waals surface area contributed by atoms with Crippen molar-refractivity contribution in [2.45, 2.75) is 81.5 Å². The van der Waals surface area contributed by atoms with Crippen molar-refractivity contribution >= 4 is 70.1 Å². The van der Waals surface area contributed by atoms with Gasteiger partial charge in [-0.1, -0.05) is 196 Å². The molecule has 1 nitrogen and oxygen atoms in total. The average Bonchev–Trinajstić information content (AvgIpc) is 4.25. The number of anilines is 3. The molecule has 0 saturated heterocycles. The van der Waals surface area contributed by atoms with Crippen molar-refractivity contribution < 1.29 is 0 Å². The Hall–Kier alpha value is -8.04. The fourth-order valence-corrected chi connectivity index (χ4v) is 15.9. The van der Waals surface area contributed by atoms with E-state index in [9.17, 15) is 0 Å². The molecule has 0 atom stereocenters. The first-order valence-corrected chi connectivity index (χ1v) is 29.3. The van der Waals surface area contributed by atoms with Gasteiger partial charge >= 0.3 is 0 Å². The van der Waals surface area contributed by atoms with E-state index in [1.165, 1.54) is 190 Å². The molecule has 4 aliphatic rings. The van der Waals surface area contributed by atoms with Gasteiger partial charge in [-0.15, -0.1) is 11.3 Å². The van der Waals surface area contributed by atoms with Crippen LogP contribution in [0.15, 0.2) is 224 Å². The van der Waals surface area contributed by atoms with E-state index in [1.807, 2.05) is 11.3 Å². The second kappa shape index (κ2) is 18.0. The van der Waals surface area contributed by atoms with Crippen LogP contribution in [-0.2, 0) is 5.41 Å². The van der Waals surface area contributed by atoms with Crippen LogP contribution in [0.5, 0.6) is 0 Å². The lowest BCUT2D eigenvalue weighted by Crippen LogP contribution is -2.27. The zero-order chi connectivity index (χ0) is 50.6. The zero-order valence-corrected chi connectivity index (χ0v) is 44.3. The number of hydrogen-bond donors (Lipinski definition) is 0. The van der Waals surface area contributed by atoms with Gasteiger partial charge in [0.25, 0.3) is 0 Å². The Morgan fingerprint density at radius 3 is 1.45 bits per heavy atom. The number of hydrogen-bond acceptors (Lipinski definition) is 2. The molecule has 77 heavy (non-hydrogen) atoms. The summed E-state index contributed by atoms with van der Waals surface area (Å²) in [4.78, 5) is 2.54. The SMILES string of the molecule is c1ccc2c(c1)-c1ccc(N(c3ccc(-c4ccc5cc(-c6ccc7ccccc7c6)ccc5c4)cc3)c3ccc4sc5ccccc5c4c3)cc1C21c2cc(C3CCCCC3)ccc2-c2ccc(C3CCCCC3)cc21. The van der Waals surface area contributed by atoms with Gasteiger partial charge in [0, 0.05) is 37.2 Å². The molecule has 16 rings (SSSR count). The van der Waals surface area contributed by atoms with E-state index in [4.69, 9.17) is 0 Å². The molecule has 2 heteroatoms. The van der Waals surface area contributed by atoms with E-state index in [0.29, 0.717) is 11.8 Å². The van der Waals surface area contributed by atoms with Crippen LogP contribution < -0.4 is 4.90 Å². The summed E-state index contributed by atoms with van der Waals surface area (Å²) in [6.07, 6.45) is 13.2. The number of nitrogens with zero attached hydrogens (tertiary/aromatic N) is 1. The van der Waals surface area contributed by atoms with Gasteiger partial charge in [0.1, 0.15) is 0 Å². The van der Waals surface area contributed by atoms with Crippen molar-refractivity contribution in [3.63, 3.8) is 0 Å². The van der Waals surface area contributed by atoms with Gasteiger partial charge < -0.3 is 4.90 Å². The molecule has 0 N–H and O–H groups in total. The summed E-state index contributed by atoms with van der Waals surface area (Å²) in [7, 11) is 0. The van der Waals surface area contributed by atoms with Gasteiger partial charge in [-0.25, -0.2) is 0 Å². The van der Waals surface area contributed by atoms with Crippen LogP contribution in [-0.4, -0.2) is 0 Å². The lowest BCUT2D eigenvalue weighted by atomic mass is 9.69. The average molecular weight is 1010 g/mol. The van der Waals surface area contributed by atoms with Gasteiger partial charge in [-0.2, -0.15) is 0 Å². The lowest BCUT2D eigenvalue weighted by molar-refractivity contribution is 0.443. The summed E-state index contributed by atoms with van der Waals surface area (Å²) in [6, 6.07) is 87.0. The molecule has 1 spiro atoms. The number of fused-ring (bicyclic) bond motifs is 15. The topological polar surface area (TPSA) is 3.24 Å². The predicted octanol–water partition coefficient (Wildman–Crippen LogP) is 21.6. The second-order valence-electron chi connectivity index (χ2n) is 22.8. The minimum absolute atomic E-state index is 0.447. The highest BCUT2D eigenvalue weighted by Crippen LogP contribution is 2.64. The van der Waals surface area contributed by atoms with Crippen LogP contribution in [0.1, 0.15) is 109 Å². The van der Waals surface area contributed by atoms with Gasteiger partial charge in [0.2, 0.25) is 0 Å². The Balaban J connectivity index is 0.853. The van der Waals surface area contributed by atoms with Crippen molar-refractivity contribution in [2.75, 3.05) is 4.90 Å². The van der Waals surface area contributed by atoms with Crippen molar-refractivity contribution in [2.24, 2.45) is 0 Å². The standard InChI is InChI=1S/C75H59NS/c1-3-13-48(14-4-1)58-31-37-64-65-38-32-59(49-15-5-2-6-16-49)45-71(65)75(70(64)44-58)69-21-11-9-19-63(69)66-39-35-62(47-72(66)75)76(61-36-40-74-68(46-61)67-20-10-12-22-73(67)77-74)60-33-29-51(30-34-60)53-25-26-56-43-57(28-27-55(56)42-53)54-24-23-50-17-7-8-18-52(50)41-54/h7-12,17-49H,1-6,13-16H2. The van der Waals surface area contributed by atoms with E-state index >= 15 is 0 Å². The summed E-state index contributed by atoms with van der Waals surface area (Å²) in [5.41, 5.74) is 22.3. The van der Waals surface area contributed by atoms with Crippen molar-refractivity contribution in [3.8, 4) is 44.5 Å². The minimum Gasteiger partial charge on any atom is -0.310 e. The van der Waals surface area contributed by atoms with Crippen LogP contribution in [0.3, 0.4) is 0 Å². The summed E-state index contributed by atoms with van der Waals surface area (Å²) >= 11 is 1.89. The molecular weight excluding hydrogens is 947 g/mol. The fraction of sp³-hybridized carbons (Fsp3) is 0.173. The summed E-state index contributed by atoms with van der Waals surface area (Å²) in [5.74, 6) is 1.22. The van der Waals surface area contributed by atoms with E-state index in [0.717, 1.165) is 11.4 Å². The van der Waals surface area contributed by atoms with Gasteiger partial charge in [0.05, 0.1) is 5.41 Å². The number of benzene rings is 11. The highest BCUT2D eigenvalue weighted by Gasteiger charge is 2.52. The lowest BCUT2D eigenvalue weighted by Gasteiger charge is -2.33. The molecule has 0 unspecified atom stereocenters. The molecule has 12 aromatic rings. The smallest absolute Gasteiger partial charge is 0.0726 e. The van der Waals surface area contributed by atoms with E-state index in [-0.39, 0.29) is 0 Å². The first kappa shape index (κ1) is 45.2. The molecular formula is C75H59NS. The quantitative estimate of drug-likeness (QED) is 0.154. The molecule has 4 aliphatic carbocycles. The monoisotopic (exact) mass is 1010 g/mol. The number of rotatable bonds is 7. The zero-order valence-electron chi connectivity index (χ0n) is 43.4. The van der Waals surface area contributed by atoms with Gasteiger partial charge in [0.15, 0.2) is 0 Å². The summed E-state index contributed by atoms with van der Waals surface area (Å²) < 4.78 is 2.64. The third-order valence-corrected chi connectivity index (χ3v) is 19.8. The summed E-state index contributed by atoms with van der Waals surface area (Å²) in [6.45, 7) is 0. The second-order valence-corrected chi connectivity index (χ2v) is 23.9. The molecule has 0 radical (unpaired) electrons. The van der Waals surface area contributed by atoms with Crippen molar-refractivity contribution in [1.29, 1.82) is 0 Å². The maximum absolute atomic E-state index is 2.69. The highest BCUT2D eigenvalue weighted by molar-refractivity contribution is 7.25. The highest BCUT2D eigenvalue weighted by atomic mass is 32.1. The Bertz CT molecular complexity index is 4250. The minimum atomic E-state index is -0.447. The Kier molecular flexibility index (Phi) is 10.6. The van der Waals surface area contributed by atoms with Crippen molar-refractivity contribution in [1.82, 2.24) is 0 Å². The molecule has 1 heterocycles. The van der Waals surface area contributed by atoms with Gasteiger partial charge in [-0.3, -0.25) is 0 Å². The van der Waals surface area contributed by atoms with Crippen LogP contribution in [0, 0.1) is 0 Å². The fourth-order valence-electron chi connectivity index (χ4n) is 14.8. The largest absolute Gasteiger partial charge is 0.310 e. The van der Waals surface area contributed by atoms with E-state index in [2.05, 4.69) is 229 Å². The Morgan fingerprint density at radius 1 is 0.312 bits per heavy atom. The maximum atomic E-state index is 2.69. The molecule has 2 saturated carbocycles. The molecule has 11 aromatic carbocycles. The van der Waals surface area contributed by atoms with Crippen LogP contribution >= 0.6 is 11.3 Å². The molecule has 0 bridgehead atoms. The third kappa shape index (κ3) is 7.25. The van der Waals surface area contributed by atoms with E-state index < -0.39 is 5.41 Å². The first-order chi connectivity index (χ1) is 38.1. The van der Waals surface area contributed by atoms with Crippen LogP contribution in [0.2, 0.25) is 0 Å². The number of thiophene rings is 1. The molecule has 0 amide bonds. The first-order valence-electron chi connectivity index (χ1n) is 28.5. The summed E-state index contributed by atoms with van der Waals surface area (Å²) in [5, 5.41) is 7.65. The van der Waals surface area contributed by atoms with Crippen molar-refractivity contribution in [3.05, 3.63) is 258 Å². The normalized spacial score (nSPS) is 15.8. The molecule has 370 valence electrons. The Labute approximate surface area is 456 Å². The molecule has 2 fully saturated rings. The predicted molar refractivity (Wildman–Crippen MR) is 328 cm³/mol. The van der Waals surface area contributed by atoms with E-state index in [1.54, 1.807) is 0 Å². The van der Waals surface area contributed by atoms with Crippen LogP contribution in [0.25, 0.3) is 86.2 Å². The molecule has 0 aliphatic heterocycles.